The second-order valence-corrected chi connectivity index (χ2v) is 10.1. The molecule has 0 bridgehead atoms. The first kappa shape index (κ1) is 23.6. The summed E-state index contributed by atoms with van der Waals surface area (Å²) in [6, 6.07) is 24.4. The summed E-state index contributed by atoms with van der Waals surface area (Å²) in [5, 5.41) is 8.34. The lowest BCUT2D eigenvalue weighted by Gasteiger charge is -2.18. The summed E-state index contributed by atoms with van der Waals surface area (Å²) in [5.74, 6) is 0. The van der Waals surface area contributed by atoms with Crippen molar-refractivity contribution in [3.8, 4) is 0 Å². The Morgan fingerprint density at radius 1 is 0.882 bits per heavy atom. The third-order valence-electron chi connectivity index (χ3n) is 5.47. The fraction of sp³-hybridized carbons (Fsp3) is 0.115. The van der Waals surface area contributed by atoms with Gasteiger partial charge in [0.05, 0.1) is 10.9 Å². The van der Waals surface area contributed by atoms with Crippen molar-refractivity contribution in [2.24, 2.45) is 0 Å². The van der Waals surface area contributed by atoms with Crippen molar-refractivity contribution in [1.82, 2.24) is 5.32 Å². The van der Waals surface area contributed by atoms with Crippen LogP contribution in [-0.4, -0.2) is 14.4 Å². The zero-order valence-corrected chi connectivity index (χ0v) is 20.2. The molecule has 4 rings (SSSR count). The first-order valence-electron chi connectivity index (χ1n) is 10.7. The van der Waals surface area contributed by atoms with E-state index in [0.717, 1.165) is 16.3 Å². The Kier molecular flexibility index (Phi) is 6.77. The van der Waals surface area contributed by atoms with Gasteiger partial charge in [0.2, 0.25) is 0 Å². The van der Waals surface area contributed by atoms with E-state index in [4.69, 9.17) is 11.6 Å². The first-order chi connectivity index (χ1) is 16.2. The lowest BCUT2D eigenvalue weighted by atomic mass is 10.00. The van der Waals surface area contributed by atoms with Gasteiger partial charge in [-0.1, -0.05) is 60.1 Å². The highest BCUT2D eigenvalue weighted by Gasteiger charge is 2.19. The molecule has 34 heavy (non-hydrogen) atoms. The highest BCUT2D eigenvalue weighted by Crippen LogP contribution is 2.26. The highest BCUT2D eigenvalue weighted by atomic mass is 35.5. The molecule has 0 unspecified atom stereocenters. The predicted octanol–water partition coefficient (Wildman–Crippen LogP) is 6.49. The van der Waals surface area contributed by atoms with Gasteiger partial charge in [-0.3, -0.25) is 4.72 Å². The number of nitrogens with one attached hydrogen (secondary N) is 3. The Hall–Kier alpha value is -3.55. The van der Waals surface area contributed by atoms with Gasteiger partial charge in [-0.15, -0.1) is 0 Å². The van der Waals surface area contributed by atoms with Crippen LogP contribution in [0.1, 0.15) is 24.1 Å². The Balaban J connectivity index is 1.50. The molecule has 4 aromatic carbocycles. The highest BCUT2D eigenvalue weighted by molar-refractivity contribution is 7.92. The Morgan fingerprint density at radius 3 is 2.32 bits per heavy atom. The molecule has 8 heteroatoms. The number of benzene rings is 4. The lowest BCUT2D eigenvalue weighted by molar-refractivity contribution is 0.249. The van der Waals surface area contributed by atoms with E-state index in [1.165, 1.54) is 6.07 Å². The third-order valence-corrected chi connectivity index (χ3v) is 7.24. The molecule has 0 fully saturated rings. The number of anilines is 2. The molecule has 0 aliphatic rings. The van der Waals surface area contributed by atoms with E-state index in [-0.39, 0.29) is 10.9 Å². The van der Waals surface area contributed by atoms with E-state index >= 15 is 0 Å². The van der Waals surface area contributed by atoms with E-state index < -0.39 is 16.1 Å². The van der Waals surface area contributed by atoms with Crippen LogP contribution in [0.2, 0.25) is 5.02 Å². The Labute approximate surface area is 204 Å². The van der Waals surface area contributed by atoms with Gasteiger partial charge in [-0.25, -0.2) is 13.2 Å². The van der Waals surface area contributed by atoms with Crippen molar-refractivity contribution < 1.29 is 13.2 Å². The monoisotopic (exact) mass is 493 g/mol. The minimum absolute atomic E-state index is 0.0716. The van der Waals surface area contributed by atoms with Crippen molar-refractivity contribution in [1.29, 1.82) is 0 Å². The maximum atomic E-state index is 13.0. The average Bonchev–Trinajstić information content (AvgIpc) is 2.81. The summed E-state index contributed by atoms with van der Waals surface area (Å²) in [6.45, 7) is 3.60. The summed E-state index contributed by atoms with van der Waals surface area (Å²) in [4.78, 5) is 12.8. The molecule has 4 aromatic rings. The molecule has 0 heterocycles. The molecular weight excluding hydrogens is 470 g/mol. The quantitative estimate of drug-likeness (QED) is 0.287. The summed E-state index contributed by atoms with van der Waals surface area (Å²) in [6.07, 6.45) is 0. The number of fused-ring (bicyclic) bond motifs is 1. The largest absolute Gasteiger partial charge is 0.331 e. The number of sulfonamides is 1. The van der Waals surface area contributed by atoms with Crippen LogP contribution in [0, 0.1) is 6.92 Å². The molecule has 0 spiro atoms. The Morgan fingerprint density at radius 2 is 1.56 bits per heavy atom. The fourth-order valence-electron chi connectivity index (χ4n) is 3.77. The van der Waals surface area contributed by atoms with Gasteiger partial charge in [0.1, 0.15) is 0 Å². The molecule has 6 nitrogen and oxygen atoms in total. The molecule has 3 N–H and O–H groups in total. The number of aryl methyl sites for hydroxylation is 1. The summed E-state index contributed by atoms with van der Waals surface area (Å²) in [7, 11) is -3.87. The van der Waals surface area contributed by atoms with Gasteiger partial charge in [0, 0.05) is 16.4 Å². The zero-order chi connectivity index (χ0) is 24.3. The van der Waals surface area contributed by atoms with Crippen LogP contribution >= 0.6 is 11.6 Å². The lowest BCUT2D eigenvalue weighted by Crippen LogP contribution is -2.31. The van der Waals surface area contributed by atoms with E-state index in [2.05, 4.69) is 15.4 Å². The summed E-state index contributed by atoms with van der Waals surface area (Å²) < 4.78 is 28.5. The van der Waals surface area contributed by atoms with Crippen molar-refractivity contribution in [3.63, 3.8) is 0 Å². The van der Waals surface area contributed by atoms with Gasteiger partial charge < -0.3 is 10.6 Å². The van der Waals surface area contributed by atoms with Crippen molar-refractivity contribution >= 4 is 49.8 Å². The molecule has 0 aliphatic carbocycles. The molecular formula is C26H24ClN3O3S. The molecule has 174 valence electrons. The van der Waals surface area contributed by atoms with Gasteiger partial charge in [0.15, 0.2) is 0 Å². The number of hydrogen-bond acceptors (Lipinski definition) is 3. The van der Waals surface area contributed by atoms with Crippen LogP contribution in [0.4, 0.5) is 16.2 Å². The van der Waals surface area contributed by atoms with Crippen molar-refractivity contribution in [3.05, 3.63) is 101 Å². The first-order valence-corrected chi connectivity index (χ1v) is 12.5. The molecule has 0 aromatic heterocycles. The molecule has 2 amide bonds. The van der Waals surface area contributed by atoms with Crippen LogP contribution in [0.25, 0.3) is 10.8 Å². The minimum Gasteiger partial charge on any atom is -0.331 e. The number of amides is 2. The van der Waals surface area contributed by atoms with E-state index in [1.807, 2.05) is 49.4 Å². The van der Waals surface area contributed by atoms with Gasteiger partial charge in [0.25, 0.3) is 10.0 Å². The van der Waals surface area contributed by atoms with E-state index in [9.17, 15) is 13.2 Å². The third kappa shape index (κ3) is 5.32. The normalized spacial score (nSPS) is 12.2. The van der Waals surface area contributed by atoms with Crippen molar-refractivity contribution in [2.45, 2.75) is 24.8 Å². The van der Waals surface area contributed by atoms with Crippen LogP contribution in [0.15, 0.2) is 89.8 Å². The van der Waals surface area contributed by atoms with Crippen LogP contribution in [-0.2, 0) is 10.0 Å². The predicted molar refractivity (Wildman–Crippen MR) is 138 cm³/mol. The fourth-order valence-corrected chi connectivity index (χ4v) is 5.22. The molecule has 1 atom stereocenters. The summed E-state index contributed by atoms with van der Waals surface area (Å²) >= 11 is 5.87. The second kappa shape index (κ2) is 9.75. The second-order valence-electron chi connectivity index (χ2n) is 7.98. The number of carbonyl (C=O) groups is 1. The smallest absolute Gasteiger partial charge is 0.319 e. The molecule has 0 radical (unpaired) electrons. The number of hydrogen-bond donors (Lipinski definition) is 3. The molecule has 0 aliphatic heterocycles. The van der Waals surface area contributed by atoms with Crippen LogP contribution in [0.3, 0.4) is 0 Å². The number of halogens is 1. The number of urea groups is 1. The number of rotatable bonds is 6. The zero-order valence-electron chi connectivity index (χ0n) is 18.7. The van der Waals surface area contributed by atoms with E-state index in [0.29, 0.717) is 22.0 Å². The Bertz CT molecular complexity index is 1450. The molecule has 0 saturated carbocycles. The maximum Gasteiger partial charge on any atom is 0.319 e. The van der Waals surface area contributed by atoms with Gasteiger partial charge in [-0.05, 0) is 72.1 Å². The van der Waals surface area contributed by atoms with Crippen LogP contribution in [0.5, 0.6) is 0 Å². The average molecular weight is 494 g/mol. The maximum absolute atomic E-state index is 13.0. The summed E-state index contributed by atoms with van der Waals surface area (Å²) in [5.41, 5.74) is 2.30. The van der Waals surface area contributed by atoms with Gasteiger partial charge >= 0.3 is 6.03 Å². The topological polar surface area (TPSA) is 87.3 Å². The van der Waals surface area contributed by atoms with E-state index in [1.54, 1.807) is 43.3 Å². The van der Waals surface area contributed by atoms with Gasteiger partial charge in [-0.2, -0.15) is 0 Å². The van der Waals surface area contributed by atoms with Crippen molar-refractivity contribution in [2.75, 3.05) is 10.0 Å². The minimum atomic E-state index is -3.87. The molecule has 0 saturated heterocycles. The van der Waals surface area contributed by atoms with Crippen LogP contribution < -0.4 is 15.4 Å². The standard InChI is InChI=1S/C26H24ClN3O3S/c1-17-10-13-22(16-25(17)34(32,33)30-21-14-11-20(27)12-15-21)29-26(31)28-18(2)23-9-5-7-19-6-3-4-8-24(19)23/h3-16,18,30H,1-2H3,(H2,28,29,31)/t18-/m0/s1. The SMILES string of the molecule is Cc1ccc(NC(=O)N[C@@H](C)c2cccc3ccccc23)cc1S(=O)(=O)Nc1ccc(Cl)cc1. The number of carbonyl (C=O) groups excluding carboxylic acids is 1.